The predicted octanol–water partition coefficient (Wildman–Crippen LogP) is 3.78. The first-order chi connectivity index (χ1) is 9.78. The number of hydrogen-bond acceptors (Lipinski definition) is 5. The average Bonchev–Trinajstić information content (AvgIpc) is 2.93. The van der Waals surface area contributed by atoms with E-state index in [2.05, 4.69) is 43.9 Å². The number of nitriles is 1. The Hall–Kier alpha value is -1.72. The molecule has 0 amide bonds. The number of rotatable bonds is 3. The van der Waals surface area contributed by atoms with Crippen LogP contribution in [0.15, 0.2) is 35.7 Å². The number of aromatic nitrogens is 2. The predicted molar refractivity (Wildman–Crippen MR) is 88.6 cm³/mol. The first kappa shape index (κ1) is 13.3. The van der Waals surface area contributed by atoms with Crippen molar-refractivity contribution in [3.8, 4) is 6.07 Å². The van der Waals surface area contributed by atoms with E-state index in [-0.39, 0.29) is 0 Å². The fraction of sp³-hybridized carbons (Fsp3) is 0.0714. The van der Waals surface area contributed by atoms with Crippen LogP contribution in [0.25, 0.3) is 10.2 Å². The first-order valence-electron chi connectivity index (χ1n) is 5.90. The fourth-order valence-corrected chi connectivity index (χ4v) is 3.22. The third-order valence-electron chi connectivity index (χ3n) is 2.86. The minimum Gasteiger partial charge on any atom is -0.365 e. The molecule has 0 bridgehead atoms. The number of hydrogen-bond donors (Lipinski definition) is 1. The van der Waals surface area contributed by atoms with Crippen LogP contribution >= 0.6 is 33.9 Å². The highest BCUT2D eigenvalue weighted by Crippen LogP contribution is 2.26. The zero-order valence-electron chi connectivity index (χ0n) is 10.3. The maximum atomic E-state index is 9.10. The summed E-state index contributed by atoms with van der Waals surface area (Å²) in [7, 11) is 0. The van der Waals surface area contributed by atoms with Crippen LogP contribution < -0.4 is 5.32 Å². The molecule has 2 heterocycles. The Kier molecular flexibility index (Phi) is 3.80. The van der Waals surface area contributed by atoms with Gasteiger partial charge in [0.05, 0.1) is 21.8 Å². The van der Waals surface area contributed by atoms with Crippen molar-refractivity contribution >= 4 is 50.0 Å². The normalized spacial score (nSPS) is 10.4. The molecule has 0 radical (unpaired) electrons. The quantitative estimate of drug-likeness (QED) is 0.545. The molecule has 0 saturated heterocycles. The van der Waals surface area contributed by atoms with Gasteiger partial charge in [0.25, 0.3) is 0 Å². The third kappa shape index (κ3) is 2.59. The van der Waals surface area contributed by atoms with Crippen molar-refractivity contribution in [1.29, 1.82) is 5.26 Å². The van der Waals surface area contributed by atoms with Crippen molar-refractivity contribution < 1.29 is 0 Å². The number of thiophene rings is 1. The Morgan fingerprint density at radius 3 is 2.95 bits per heavy atom. The summed E-state index contributed by atoms with van der Waals surface area (Å²) in [6.07, 6.45) is 0. The lowest BCUT2D eigenvalue weighted by Crippen LogP contribution is -2.04. The van der Waals surface area contributed by atoms with Gasteiger partial charge in [0.2, 0.25) is 0 Å². The van der Waals surface area contributed by atoms with Gasteiger partial charge in [-0.05, 0) is 23.1 Å². The molecule has 0 aliphatic carbocycles. The highest BCUT2D eigenvalue weighted by Gasteiger charge is 2.08. The monoisotopic (exact) mass is 392 g/mol. The number of fused-ring (bicyclic) bond motifs is 1. The van der Waals surface area contributed by atoms with Crippen LogP contribution in [0.1, 0.15) is 11.1 Å². The summed E-state index contributed by atoms with van der Waals surface area (Å²) in [5.41, 5.74) is 2.60. The van der Waals surface area contributed by atoms with E-state index in [1.807, 2.05) is 35.7 Å². The lowest BCUT2D eigenvalue weighted by Gasteiger charge is -2.08. The van der Waals surface area contributed by atoms with Crippen molar-refractivity contribution in [3.05, 3.63) is 50.7 Å². The van der Waals surface area contributed by atoms with Crippen LogP contribution in [0.5, 0.6) is 0 Å². The molecular weight excluding hydrogens is 383 g/mol. The third-order valence-corrected chi connectivity index (χ3v) is 4.25. The molecule has 98 valence electrons. The summed E-state index contributed by atoms with van der Waals surface area (Å²) in [5, 5.41) is 14.4. The topological polar surface area (TPSA) is 61.6 Å². The molecular formula is C14H9IN4S. The second-order valence-electron chi connectivity index (χ2n) is 4.10. The van der Waals surface area contributed by atoms with Gasteiger partial charge in [-0.2, -0.15) is 5.26 Å². The fourth-order valence-electron chi connectivity index (χ4n) is 1.92. The van der Waals surface area contributed by atoms with E-state index in [9.17, 15) is 0 Å². The summed E-state index contributed by atoms with van der Waals surface area (Å²) in [5.74, 6) is 0.821. The Balaban J connectivity index is 1.91. The zero-order chi connectivity index (χ0) is 13.9. The van der Waals surface area contributed by atoms with Gasteiger partial charge in [0.1, 0.15) is 5.82 Å². The Bertz CT molecular complexity index is 806. The second kappa shape index (κ2) is 5.73. The highest BCUT2D eigenvalue weighted by atomic mass is 127. The summed E-state index contributed by atoms with van der Waals surface area (Å²) in [6.45, 7) is 0.573. The Morgan fingerprint density at radius 1 is 1.25 bits per heavy atom. The number of nitrogens with zero attached hydrogens (tertiary/aromatic N) is 3. The summed E-state index contributed by atoms with van der Waals surface area (Å²) < 4.78 is 1.75. The van der Waals surface area contributed by atoms with E-state index in [4.69, 9.17) is 5.26 Å². The largest absolute Gasteiger partial charge is 0.365 e. The average molecular weight is 392 g/mol. The molecule has 4 nitrogen and oxygen atoms in total. The first-order valence-corrected chi connectivity index (χ1v) is 7.86. The van der Waals surface area contributed by atoms with E-state index >= 15 is 0 Å². The summed E-state index contributed by atoms with van der Waals surface area (Å²) in [6, 6.07) is 11.8. The minimum atomic E-state index is 0.573. The van der Waals surface area contributed by atoms with E-state index < -0.39 is 0 Å². The molecule has 0 fully saturated rings. The Labute approximate surface area is 133 Å². The summed E-state index contributed by atoms with van der Waals surface area (Å²) >= 11 is 3.72. The molecule has 0 unspecified atom stereocenters. The van der Waals surface area contributed by atoms with Crippen molar-refractivity contribution in [3.63, 3.8) is 0 Å². The standard InChI is InChI=1S/C14H9IN4S/c15-14-18-11-5-6-20-12(11)13(19-14)17-8-10-4-2-1-3-9(10)7-16/h1-6H,8H2,(H,17,18,19). The van der Waals surface area contributed by atoms with Crippen molar-refractivity contribution in [2.75, 3.05) is 5.32 Å². The number of benzene rings is 1. The van der Waals surface area contributed by atoms with Crippen molar-refractivity contribution in [2.24, 2.45) is 0 Å². The lowest BCUT2D eigenvalue weighted by atomic mass is 10.1. The highest BCUT2D eigenvalue weighted by molar-refractivity contribution is 14.1. The molecule has 0 aliphatic rings. The van der Waals surface area contributed by atoms with Gasteiger partial charge < -0.3 is 5.32 Å². The molecule has 1 aromatic carbocycles. The molecule has 3 rings (SSSR count). The molecule has 0 spiro atoms. The van der Waals surface area contributed by atoms with Crippen LogP contribution in [0.2, 0.25) is 0 Å². The molecule has 0 atom stereocenters. The van der Waals surface area contributed by atoms with Gasteiger partial charge in [-0.15, -0.1) is 11.3 Å². The number of nitrogens with one attached hydrogen (secondary N) is 1. The van der Waals surface area contributed by atoms with Crippen LogP contribution in [0.4, 0.5) is 5.82 Å². The SMILES string of the molecule is N#Cc1ccccc1CNc1nc(I)nc2ccsc12. The second-order valence-corrected chi connectivity index (χ2v) is 5.98. The summed E-state index contributed by atoms with van der Waals surface area (Å²) in [4.78, 5) is 8.81. The van der Waals surface area contributed by atoms with Crippen molar-refractivity contribution in [1.82, 2.24) is 9.97 Å². The molecule has 0 saturated carbocycles. The minimum absolute atomic E-state index is 0.573. The molecule has 2 aromatic heterocycles. The van der Waals surface area contributed by atoms with E-state index in [0.717, 1.165) is 21.6 Å². The van der Waals surface area contributed by atoms with Gasteiger partial charge in [-0.3, -0.25) is 0 Å². The zero-order valence-corrected chi connectivity index (χ0v) is 13.3. The van der Waals surface area contributed by atoms with Crippen molar-refractivity contribution in [2.45, 2.75) is 6.54 Å². The Morgan fingerprint density at radius 2 is 2.10 bits per heavy atom. The van der Waals surface area contributed by atoms with E-state index in [1.54, 1.807) is 11.3 Å². The smallest absolute Gasteiger partial charge is 0.193 e. The number of anilines is 1. The van der Waals surface area contributed by atoms with Gasteiger partial charge in [0.15, 0.2) is 3.83 Å². The van der Waals surface area contributed by atoms with Gasteiger partial charge in [0, 0.05) is 29.1 Å². The number of halogens is 1. The van der Waals surface area contributed by atoms with Gasteiger partial charge in [-0.25, -0.2) is 9.97 Å². The van der Waals surface area contributed by atoms with Gasteiger partial charge in [-0.1, -0.05) is 18.2 Å². The maximum Gasteiger partial charge on any atom is 0.193 e. The van der Waals surface area contributed by atoms with E-state index in [1.165, 1.54) is 0 Å². The van der Waals surface area contributed by atoms with Crippen LogP contribution in [-0.4, -0.2) is 9.97 Å². The molecule has 6 heteroatoms. The molecule has 0 aliphatic heterocycles. The van der Waals surface area contributed by atoms with Crippen LogP contribution in [-0.2, 0) is 6.54 Å². The van der Waals surface area contributed by atoms with Crippen LogP contribution in [0, 0.1) is 15.2 Å². The molecule has 20 heavy (non-hydrogen) atoms. The lowest BCUT2D eigenvalue weighted by molar-refractivity contribution is 1.08. The molecule has 3 aromatic rings. The maximum absolute atomic E-state index is 9.10. The van der Waals surface area contributed by atoms with Crippen LogP contribution in [0.3, 0.4) is 0 Å². The van der Waals surface area contributed by atoms with E-state index in [0.29, 0.717) is 15.9 Å². The van der Waals surface area contributed by atoms with Gasteiger partial charge >= 0.3 is 0 Å². The molecule has 1 N–H and O–H groups in total.